The minimum absolute atomic E-state index is 0.0330. The van der Waals surface area contributed by atoms with Gasteiger partial charge in [-0.2, -0.15) is 5.10 Å². The average molecular weight is 302 g/mol. The molecule has 0 spiro atoms. The highest BCUT2D eigenvalue weighted by Gasteiger charge is 2.30. The molecule has 0 aromatic carbocycles. The number of nitrogens with one attached hydrogen (secondary N) is 1. The largest absolute Gasteiger partial charge is 0.447 e. The molecule has 0 bridgehead atoms. The van der Waals surface area contributed by atoms with Crippen LogP contribution in [0.5, 0.6) is 0 Å². The van der Waals surface area contributed by atoms with E-state index in [0.717, 1.165) is 30.8 Å². The third kappa shape index (κ3) is 2.77. The highest BCUT2D eigenvalue weighted by Crippen LogP contribution is 2.28. The molecule has 0 unspecified atom stereocenters. The number of carbonyl (C=O) groups is 1. The average Bonchev–Trinajstić information content (AvgIpc) is 3.15. The van der Waals surface area contributed by atoms with Gasteiger partial charge in [0.25, 0.3) is 5.91 Å². The molecule has 6 heteroatoms. The van der Waals surface area contributed by atoms with E-state index < -0.39 is 0 Å². The number of H-pyrrole nitrogens is 1. The molecule has 118 valence electrons. The van der Waals surface area contributed by atoms with Crippen molar-refractivity contribution in [2.24, 2.45) is 0 Å². The van der Waals surface area contributed by atoms with E-state index in [1.807, 2.05) is 25.7 Å². The van der Waals surface area contributed by atoms with Gasteiger partial charge < -0.3 is 9.32 Å². The fraction of sp³-hybridized carbons (Fsp3) is 0.562. The molecule has 2 aromatic rings. The molecule has 1 aliphatic rings. The second-order valence-corrected chi connectivity index (χ2v) is 6.29. The Hall–Kier alpha value is -2.11. The quantitative estimate of drug-likeness (QED) is 0.946. The van der Waals surface area contributed by atoms with Gasteiger partial charge in [-0.25, -0.2) is 4.98 Å². The van der Waals surface area contributed by atoms with Crippen LogP contribution in [0.4, 0.5) is 0 Å². The fourth-order valence-corrected chi connectivity index (χ4v) is 3.03. The molecule has 0 radical (unpaired) electrons. The van der Waals surface area contributed by atoms with Gasteiger partial charge in [-0.15, -0.1) is 0 Å². The summed E-state index contributed by atoms with van der Waals surface area (Å²) in [5.74, 6) is 1.07. The molecule has 1 N–H and O–H groups in total. The number of oxazole rings is 1. The van der Waals surface area contributed by atoms with Gasteiger partial charge in [-0.3, -0.25) is 9.89 Å². The van der Waals surface area contributed by atoms with E-state index in [-0.39, 0.29) is 17.7 Å². The van der Waals surface area contributed by atoms with Crippen LogP contribution in [0.1, 0.15) is 66.2 Å². The molecule has 1 saturated heterocycles. The van der Waals surface area contributed by atoms with E-state index in [0.29, 0.717) is 18.0 Å². The number of aromatic nitrogens is 3. The second kappa shape index (κ2) is 5.94. The van der Waals surface area contributed by atoms with Gasteiger partial charge in [0.1, 0.15) is 5.76 Å². The molecule has 1 aliphatic heterocycles. The zero-order chi connectivity index (χ0) is 15.7. The molecule has 1 atom stereocenters. The Balaban J connectivity index is 1.77. The summed E-state index contributed by atoms with van der Waals surface area (Å²) in [5.41, 5.74) is 2.55. The van der Waals surface area contributed by atoms with Crippen LogP contribution in [0.3, 0.4) is 0 Å². The maximum atomic E-state index is 12.7. The Bertz CT molecular complexity index is 659. The van der Waals surface area contributed by atoms with Crippen LogP contribution >= 0.6 is 0 Å². The van der Waals surface area contributed by atoms with Gasteiger partial charge in [0.15, 0.2) is 12.1 Å². The molecule has 1 fully saturated rings. The van der Waals surface area contributed by atoms with Crippen LogP contribution in [0, 0.1) is 6.92 Å². The highest BCUT2D eigenvalue weighted by atomic mass is 16.3. The molecular formula is C16H22N4O2. The molecule has 1 amide bonds. The molecule has 3 rings (SSSR count). The lowest BCUT2D eigenvalue weighted by Crippen LogP contribution is -2.39. The fourth-order valence-electron chi connectivity index (χ4n) is 3.03. The lowest BCUT2D eigenvalue weighted by Gasteiger charge is -2.31. The first kappa shape index (κ1) is 14.8. The van der Waals surface area contributed by atoms with Crippen LogP contribution in [0.25, 0.3) is 0 Å². The van der Waals surface area contributed by atoms with Crippen molar-refractivity contribution in [2.75, 3.05) is 13.1 Å². The molecule has 3 heterocycles. The summed E-state index contributed by atoms with van der Waals surface area (Å²) in [4.78, 5) is 18.8. The summed E-state index contributed by atoms with van der Waals surface area (Å²) < 4.78 is 5.38. The normalized spacial score (nSPS) is 18.9. The topological polar surface area (TPSA) is 75.0 Å². The zero-order valence-electron chi connectivity index (χ0n) is 13.3. The summed E-state index contributed by atoms with van der Waals surface area (Å²) in [7, 11) is 0. The van der Waals surface area contributed by atoms with Gasteiger partial charge in [0, 0.05) is 30.6 Å². The summed E-state index contributed by atoms with van der Waals surface area (Å²) >= 11 is 0. The van der Waals surface area contributed by atoms with Crippen molar-refractivity contribution >= 4 is 5.91 Å². The summed E-state index contributed by atoms with van der Waals surface area (Å²) in [5, 5.41) is 7.33. The van der Waals surface area contributed by atoms with E-state index in [9.17, 15) is 4.79 Å². The Morgan fingerprint density at radius 2 is 2.32 bits per heavy atom. The molecular weight excluding hydrogens is 280 g/mol. The van der Waals surface area contributed by atoms with Crippen molar-refractivity contribution in [1.29, 1.82) is 0 Å². The van der Waals surface area contributed by atoms with E-state index in [1.165, 1.54) is 6.39 Å². The van der Waals surface area contributed by atoms with E-state index in [2.05, 4.69) is 21.2 Å². The maximum Gasteiger partial charge on any atom is 0.276 e. The second-order valence-electron chi connectivity index (χ2n) is 6.29. The minimum Gasteiger partial charge on any atom is -0.447 e. The number of piperidine rings is 1. The van der Waals surface area contributed by atoms with E-state index in [1.54, 1.807) is 0 Å². The minimum atomic E-state index is -0.0330. The number of aromatic amines is 1. The molecule has 22 heavy (non-hydrogen) atoms. The first-order chi connectivity index (χ1) is 10.6. The standard InChI is InChI=1S/C16H22N4O2/c1-10(2)15-14(17-9-22-15)16(21)20-6-4-5-12(8-20)13-7-11(3)18-19-13/h7,9-10,12H,4-6,8H2,1-3H3,(H,18,19)/t12-/m0/s1. The predicted molar refractivity (Wildman–Crippen MR) is 81.8 cm³/mol. The Labute approximate surface area is 129 Å². The van der Waals surface area contributed by atoms with Crippen molar-refractivity contribution < 1.29 is 9.21 Å². The van der Waals surface area contributed by atoms with Gasteiger partial charge in [-0.1, -0.05) is 13.8 Å². The number of likely N-dealkylation sites (tertiary alicyclic amines) is 1. The highest BCUT2D eigenvalue weighted by molar-refractivity contribution is 5.93. The van der Waals surface area contributed by atoms with Crippen molar-refractivity contribution in [2.45, 2.75) is 45.4 Å². The van der Waals surface area contributed by atoms with Crippen molar-refractivity contribution in [1.82, 2.24) is 20.1 Å². The number of aryl methyl sites for hydroxylation is 1. The summed E-state index contributed by atoms with van der Waals surface area (Å²) in [6.07, 6.45) is 3.40. The first-order valence-electron chi connectivity index (χ1n) is 7.80. The van der Waals surface area contributed by atoms with Crippen molar-refractivity contribution in [3.8, 4) is 0 Å². The molecule has 2 aromatic heterocycles. The maximum absolute atomic E-state index is 12.7. The van der Waals surface area contributed by atoms with Crippen LogP contribution in [0.2, 0.25) is 0 Å². The van der Waals surface area contributed by atoms with E-state index in [4.69, 9.17) is 4.42 Å². The molecule has 0 aliphatic carbocycles. The lowest BCUT2D eigenvalue weighted by molar-refractivity contribution is 0.0697. The summed E-state index contributed by atoms with van der Waals surface area (Å²) in [6, 6.07) is 2.06. The molecule has 0 saturated carbocycles. The van der Waals surface area contributed by atoms with Gasteiger partial charge in [0.05, 0.1) is 5.69 Å². The third-order valence-electron chi connectivity index (χ3n) is 4.17. The number of amides is 1. The first-order valence-corrected chi connectivity index (χ1v) is 7.80. The Morgan fingerprint density at radius 3 is 3.00 bits per heavy atom. The van der Waals surface area contributed by atoms with E-state index >= 15 is 0 Å². The zero-order valence-corrected chi connectivity index (χ0v) is 13.3. The number of hydrogen-bond acceptors (Lipinski definition) is 4. The van der Waals surface area contributed by atoms with Crippen LogP contribution in [-0.2, 0) is 0 Å². The smallest absolute Gasteiger partial charge is 0.276 e. The monoisotopic (exact) mass is 302 g/mol. The van der Waals surface area contributed by atoms with Crippen LogP contribution in [0.15, 0.2) is 16.9 Å². The van der Waals surface area contributed by atoms with Crippen molar-refractivity contribution in [3.05, 3.63) is 35.3 Å². The SMILES string of the molecule is Cc1cc([C@H]2CCCN(C(=O)c3ncoc3C(C)C)C2)n[nH]1. The summed E-state index contributed by atoms with van der Waals surface area (Å²) in [6.45, 7) is 7.45. The Morgan fingerprint density at radius 1 is 1.50 bits per heavy atom. The van der Waals surface area contributed by atoms with Gasteiger partial charge in [-0.05, 0) is 25.8 Å². The lowest BCUT2D eigenvalue weighted by atomic mass is 9.94. The number of hydrogen-bond donors (Lipinski definition) is 1. The van der Waals surface area contributed by atoms with Crippen molar-refractivity contribution in [3.63, 3.8) is 0 Å². The van der Waals surface area contributed by atoms with Gasteiger partial charge >= 0.3 is 0 Å². The van der Waals surface area contributed by atoms with Crippen LogP contribution in [-0.4, -0.2) is 39.1 Å². The predicted octanol–water partition coefficient (Wildman–Crippen LogP) is 2.85. The number of carbonyl (C=O) groups excluding carboxylic acids is 1. The van der Waals surface area contributed by atoms with Crippen LogP contribution < -0.4 is 0 Å². The number of nitrogens with zero attached hydrogens (tertiary/aromatic N) is 3. The number of rotatable bonds is 3. The molecule has 6 nitrogen and oxygen atoms in total. The Kier molecular flexibility index (Phi) is 4.00. The van der Waals surface area contributed by atoms with Gasteiger partial charge in [0.2, 0.25) is 0 Å². The third-order valence-corrected chi connectivity index (χ3v) is 4.17.